The number of hydrogen-bond donors (Lipinski definition) is 1. The van der Waals surface area contributed by atoms with Gasteiger partial charge in [0, 0.05) is 11.9 Å². The minimum Gasteiger partial charge on any atom is -0.235 e. The predicted octanol–water partition coefficient (Wildman–Crippen LogP) is 1.55. The van der Waals surface area contributed by atoms with Crippen LogP contribution in [0.3, 0.4) is 0 Å². The summed E-state index contributed by atoms with van der Waals surface area (Å²) in [5, 5.41) is 11.9. The smallest absolute Gasteiger partial charge is 0.235 e. The highest BCUT2D eigenvalue weighted by molar-refractivity contribution is 7.89. The largest absolute Gasteiger partial charge is 0.241 e. The normalized spacial score (nSPS) is 11.8. The van der Waals surface area contributed by atoms with Gasteiger partial charge < -0.3 is 0 Å². The van der Waals surface area contributed by atoms with E-state index in [2.05, 4.69) is 4.72 Å². The van der Waals surface area contributed by atoms with Crippen LogP contribution < -0.4 is 4.72 Å². The zero-order valence-corrected chi connectivity index (χ0v) is 9.91. The maximum absolute atomic E-state index is 12.0. The van der Waals surface area contributed by atoms with E-state index in [9.17, 15) is 13.5 Å². The van der Waals surface area contributed by atoms with Crippen molar-refractivity contribution in [3.63, 3.8) is 0 Å². The summed E-state index contributed by atoms with van der Waals surface area (Å²) in [6, 6.07) is 12.3. The molecule has 17 heavy (non-hydrogen) atoms. The summed E-state index contributed by atoms with van der Waals surface area (Å²) in [5.74, 6) is 0. The maximum atomic E-state index is 12.0. The van der Waals surface area contributed by atoms with Gasteiger partial charge in [-0.15, -0.1) is 0 Å². The van der Waals surface area contributed by atoms with Gasteiger partial charge in [0.25, 0.3) is 0 Å². The molecule has 0 unspecified atom stereocenters. The number of rotatable bonds is 4. The fraction of sp³-hybridized carbons (Fsp3) is 0.167. The van der Waals surface area contributed by atoms with Crippen LogP contribution in [-0.2, 0) is 15.1 Å². The van der Waals surface area contributed by atoms with Gasteiger partial charge in [0.05, 0.1) is 11.5 Å². The molecule has 2 aromatic carbocycles. The Hall–Kier alpha value is -1.43. The Labute approximate surface area is 99.9 Å². The Morgan fingerprint density at radius 3 is 2.47 bits per heavy atom. The molecule has 0 atom stereocenters. The molecule has 0 amide bonds. The van der Waals surface area contributed by atoms with Gasteiger partial charge in [-0.1, -0.05) is 36.4 Å². The number of sulfonamides is 1. The van der Waals surface area contributed by atoms with Crippen LogP contribution in [0.4, 0.5) is 0 Å². The molecular weight excluding hydrogens is 238 g/mol. The van der Waals surface area contributed by atoms with Crippen molar-refractivity contribution in [2.45, 2.75) is 4.90 Å². The molecule has 4 nitrogen and oxygen atoms in total. The predicted molar refractivity (Wildman–Crippen MR) is 64.7 cm³/mol. The Balaban J connectivity index is 2.55. The van der Waals surface area contributed by atoms with Gasteiger partial charge in [0.1, 0.15) is 0 Å². The van der Waals surface area contributed by atoms with Crippen molar-refractivity contribution in [1.82, 2.24) is 4.72 Å². The van der Waals surface area contributed by atoms with Crippen molar-refractivity contribution in [3.8, 4) is 0 Å². The lowest BCUT2D eigenvalue weighted by molar-refractivity contribution is 0.199. The van der Waals surface area contributed by atoms with E-state index in [1.54, 1.807) is 18.2 Å². The molecule has 1 N–H and O–H groups in total. The first-order valence-electron chi connectivity index (χ1n) is 5.21. The van der Waals surface area contributed by atoms with Crippen LogP contribution in [0.25, 0.3) is 10.8 Å². The van der Waals surface area contributed by atoms with Gasteiger partial charge in [-0.3, -0.25) is 0 Å². The minimum atomic E-state index is -3.60. The number of benzene rings is 2. The van der Waals surface area contributed by atoms with Crippen molar-refractivity contribution in [2.24, 2.45) is 0 Å². The van der Waals surface area contributed by atoms with Crippen LogP contribution >= 0.6 is 0 Å². The second kappa shape index (κ2) is 4.83. The summed E-state index contributed by atoms with van der Waals surface area (Å²) in [6.07, 6.45) is 0. The molecule has 0 fully saturated rings. The quantitative estimate of drug-likeness (QED) is 0.894. The zero-order valence-electron chi connectivity index (χ0n) is 9.09. The van der Waals surface area contributed by atoms with E-state index in [-0.39, 0.29) is 11.4 Å². The highest BCUT2D eigenvalue weighted by atomic mass is 32.2. The molecule has 0 saturated carbocycles. The lowest BCUT2D eigenvalue weighted by atomic mass is 10.1. The minimum absolute atomic E-state index is 0.0917. The van der Waals surface area contributed by atoms with Gasteiger partial charge >= 0.3 is 0 Å². The first-order chi connectivity index (χ1) is 8.15. The van der Waals surface area contributed by atoms with Crippen molar-refractivity contribution in [1.29, 1.82) is 0 Å². The standard InChI is InChI=1S/C12H12NO3S/c14-9-8-13-17(15,16)12-7-3-5-10-4-1-2-6-11(10)12/h1-7,13H,8-9H2. The molecular formula is C12H12NO3S. The van der Waals surface area contributed by atoms with Crippen LogP contribution in [0.1, 0.15) is 0 Å². The van der Waals surface area contributed by atoms with Gasteiger partial charge in [-0.2, -0.15) is 0 Å². The summed E-state index contributed by atoms with van der Waals surface area (Å²) >= 11 is 0. The van der Waals surface area contributed by atoms with Crippen molar-refractivity contribution < 1.29 is 13.5 Å². The first-order valence-corrected chi connectivity index (χ1v) is 6.69. The molecule has 0 heterocycles. The van der Waals surface area contributed by atoms with E-state index in [1.165, 1.54) is 6.07 Å². The third kappa shape index (κ3) is 2.46. The van der Waals surface area contributed by atoms with Gasteiger partial charge in [0.2, 0.25) is 10.0 Å². The number of fused-ring (bicyclic) bond motifs is 1. The van der Waals surface area contributed by atoms with Crippen LogP contribution in [0.2, 0.25) is 0 Å². The van der Waals surface area contributed by atoms with E-state index < -0.39 is 16.6 Å². The van der Waals surface area contributed by atoms with Gasteiger partial charge in [-0.25, -0.2) is 18.2 Å². The monoisotopic (exact) mass is 250 g/mol. The summed E-state index contributed by atoms with van der Waals surface area (Å²) < 4.78 is 26.2. The van der Waals surface area contributed by atoms with E-state index in [1.807, 2.05) is 18.2 Å². The second-order valence-electron chi connectivity index (χ2n) is 3.58. The van der Waals surface area contributed by atoms with Crippen molar-refractivity contribution in [3.05, 3.63) is 42.5 Å². The Bertz CT molecular complexity index is 617. The molecule has 2 rings (SSSR count). The molecule has 0 saturated heterocycles. The van der Waals surface area contributed by atoms with Crippen LogP contribution in [0, 0.1) is 0 Å². The molecule has 0 spiro atoms. The number of nitrogens with one attached hydrogen (secondary N) is 1. The Morgan fingerprint density at radius 2 is 1.71 bits per heavy atom. The zero-order chi connectivity index (χ0) is 12.3. The van der Waals surface area contributed by atoms with Gasteiger partial charge in [-0.05, 0) is 11.5 Å². The number of hydrogen-bond acceptors (Lipinski definition) is 2. The molecule has 0 aliphatic carbocycles. The molecule has 0 bridgehead atoms. The SMILES string of the molecule is [O]CCNS(=O)(=O)c1cccc2ccccc12. The summed E-state index contributed by atoms with van der Waals surface area (Å²) in [6.45, 7) is -0.560. The van der Waals surface area contributed by atoms with E-state index in [0.717, 1.165) is 5.39 Å². The fourth-order valence-electron chi connectivity index (χ4n) is 1.68. The maximum Gasteiger partial charge on any atom is 0.241 e. The van der Waals surface area contributed by atoms with Crippen LogP contribution in [0.5, 0.6) is 0 Å². The van der Waals surface area contributed by atoms with Crippen LogP contribution in [-0.4, -0.2) is 21.6 Å². The Morgan fingerprint density at radius 1 is 1.00 bits per heavy atom. The molecule has 0 aromatic heterocycles. The first kappa shape index (κ1) is 12.0. The lowest BCUT2D eigenvalue weighted by Crippen LogP contribution is -2.26. The fourth-order valence-corrected chi connectivity index (χ4v) is 2.92. The van der Waals surface area contributed by atoms with E-state index >= 15 is 0 Å². The Kier molecular flexibility index (Phi) is 3.42. The van der Waals surface area contributed by atoms with Crippen LogP contribution in [0.15, 0.2) is 47.4 Å². The average Bonchev–Trinajstić information content (AvgIpc) is 2.36. The van der Waals surface area contributed by atoms with E-state index in [4.69, 9.17) is 0 Å². The lowest BCUT2D eigenvalue weighted by Gasteiger charge is -2.08. The van der Waals surface area contributed by atoms with Crippen molar-refractivity contribution >= 4 is 20.8 Å². The molecule has 2 aromatic rings. The molecule has 0 aliphatic heterocycles. The van der Waals surface area contributed by atoms with Crippen molar-refractivity contribution in [2.75, 3.05) is 13.2 Å². The van der Waals surface area contributed by atoms with Gasteiger partial charge in [0.15, 0.2) is 0 Å². The summed E-state index contributed by atoms with van der Waals surface area (Å²) in [4.78, 5) is 0.212. The third-order valence-corrected chi connectivity index (χ3v) is 3.95. The summed E-state index contributed by atoms with van der Waals surface area (Å²) in [7, 11) is -3.60. The van der Waals surface area contributed by atoms with E-state index in [0.29, 0.717) is 5.39 Å². The molecule has 0 aliphatic rings. The molecule has 89 valence electrons. The second-order valence-corrected chi connectivity index (χ2v) is 5.31. The highest BCUT2D eigenvalue weighted by Gasteiger charge is 2.15. The average molecular weight is 250 g/mol. The molecule has 1 radical (unpaired) electrons. The topological polar surface area (TPSA) is 66.1 Å². The highest BCUT2D eigenvalue weighted by Crippen LogP contribution is 2.22. The molecule has 5 heteroatoms. The summed E-state index contributed by atoms with van der Waals surface area (Å²) in [5.41, 5.74) is 0. The third-order valence-electron chi connectivity index (χ3n) is 2.43.